The molecule has 3 aromatic rings. The summed E-state index contributed by atoms with van der Waals surface area (Å²) in [5.74, 6) is 0. The van der Waals surface area contributed by atoms with E-state index in [0.717, 1.165) is 40.3 Å². The molecule has 0 saturated carbocycles. The number of H-pyrrole nitrogens is 1. The number of sulfonamides is 1. The second-order valence-electron chi connectivity index (χ2n) is 5.75. The van der Waals surface area contributed by atoms with Crippen LogP contribution in [0, 0.1) is 0 Å². The summed E-state index contributed by atoms with van der Waals surface area (Å²) in [6, 6.07) is 3.94. The van der Waals surface area contributed by atoms with Crippen LogP contribution in [0.15, 0.2) is 36.9 Å². The van der Waals surface area contributed by atoms with E-state index < -0.39 is 10.0 Å². The van der Waals surface area contributed by atoms with Gasteiger partial charge in [0.05, 0.1) is 18.0 Å². The molecule has 0 unspecified atom stereocenters. The zero-order valence-electron chi connectivity index (χ0n) is 12.7. The number of nitrogens with zero attached hydrogens (tertiary/aromatic N) is 3. The number of aromatic nitrogens is 3. The molecule has 4 rings (SSSR count). The number of hydrogen-bond acceptors (Lipinski definition) is 4. The van der Waals surface area contributed by atoms with E-state index in [1.54, 1.807) is 18.6 Å². The average molecular weight is 328 g/mol. The van der Waals surface area contributed by atoms with Crippen molar-refractivity contribution in [1.29, 1.82) is 0 Å². The number of aromatic amines is 1. The van der Waals surface area contributed by atoms with Crippen LogP contribution in [0.3, 0.4) is 0 Å². The van der Waals surface area contributed by atoms with E-state index in [9.17, 15) is 8.42 Å². The van der Waals surface area contributed by atoms with E-state index in [1.807, 2.05) is 18.3 Å². The number of pyridine rings is 2. The van der Waals surface area contributed by atoms with Crippen molar-refractivity contribution in [2.24, 2.45) is 0 Å². The summed E-state index contributed by atoms with van der Waals surface area (Å²) in [5.41, 5.74) is 3.68. The highest BCUT2D eigenvalue weighted by molar-refractivity contribution is 7.88. The normalized spacial score (nSPS) is 16.0. The largest absolute Gasteiger partial charge is 0.360 e. The number of rotatable bonds is 2. The predicted octanol–water partition coefficient (Wildman–Crippen LogP) is 2.51. The van der Waals surface area contributed by atoms with Gasteiger partial charge in [-0.3, -0.25) is 4.31 Å². The molecule has 23 heavy (non-hydrogen) atoms. The van der Waals surface area contributed by atoms with E-state index in [0.29, 0.717) is 12.2 Å². The Balaban J connectivity index is 1.98. The first-order chi connectivity index (χ1) is 11.0. The molecule has 0 amide bonds. The fourth-order valence-electron chi connectivity index (χ4n) is 3.12. The monoisotopic (exact) mass is 328 g/mol. The third-order valence-corrected chi connectivity index (χ3v) is 5.33. The van der Waals surface area contributed by atoms with Crippen molar-refractivity contribution in [2.75, 3.05) is 12.8 Å². The van der Waals surface area contributed by atoms with Crippen LogP contribution in [0.25, 0.3) is 27.5 Å². The minimum Gasteiger partial charge on any atom is -0.360 e. The number of nitrogens with one attached hydrogen (secondary N) is 1. The molecule has 1 aliphatic rings. The minimum atomic E-state index is -3.23. The van der Waals surface area contributed by atoms with Gasteiger partial charge in [-0.05, 0) is 36.1 Å². The molecule has 0 saturated heterocycles. The Kier molecular flexibility index (Phi) is 3.12. The number of hydrogen-bond donors (Lipinski definition) is 1. The number of allylic oxidation sites excluding steroid dienone is 1. The van der Waals surface area contributed by atoms with Crippen molar-refractivity contribution in [3.05, 3.63) is 42.5 Å². The maximum atomic E-state index is 11.9. The molecule has 1 aliphatic heterocycles. The first-order valence-electron chi connectivity index (χ1n) is 7.43. The van der Waals surface area contributed by atoms with Gasteiger partial charge in [-0.25, -0.2) is 18.4 Å². The van der Waals surface area contributed by atoms with Gasteiger partial charge in [0.25, 0.3) is 0 Å². The average Bonchev–Trinajstić information content (AvgIpc) is 3.02. The lowest BCUT2D eigenvalue weighted by atomic mass is 9.96. The highest BCUT2D eigenvalue weighted by Crippen LogP contribution is 2.33. The van der Waals surface area contributed by atoms with Crippen molar-refractivity contribution >= 4 is 37.5 Å². The summed E-state index contributed by atoms with van der Waals surface area (Å²) in [5, 5.41) is 2.02. The SMILES string of the molecule is CS(=O)(=O)N1C=C(c2cc[nH]c3cnc4nccc4c23)CCC1. The third kappa shape index (κ3) is 2.37. The molecule has 0 fully saturated rings. The molecule has 7 heteroatoms. The molecule has 0 atom stereocenters. The van der Waals surface area contributed by atoms with E-state index in [-0.39, 0.29) is 0 Å². The van der Waals surface area contributed by atoms with Gasteiger partial charge in [-0.15, -0.1) is 0 Å². The molecule has 0 aliphatic carbocycles. The molecular weight excluding hydrogens is 312 g/mol. The second kappa shape index (κ2) is 5.06. The Morgan fingerprint density at radius 2 is 2.13 bits per heavy atom. The Labute approximate surface area is 133 Å². The quantitative estimate of drug-likeness (QED) is 0.784. The molecule has 1 N–H and O–H groups in total. The van der Waals surface area contributed by atoms with Crippen LogP contribution in [-0.2, 0) is 10.0 Å². The Morgan fingerprint density at radius 1 is 1.26 bits per heavy atom. The molecular formula is C16H16N4O2S. The molecule has 0 spiro atoms. The molecule has 118 valence electrons. The molecule has 4 heterocycles. The fourth-order valence-corrected chi connectivity index (χ4v) is 3.90. The van der Waals surface area contributed by atoms with Gasteiger partial charge in [0.2, 0.25) is 10.0 Å². The van der Waals surface area contributed by atoms with Gasteiger partial charge >= 0.3 is 0 Å². The number of fused-ring (bicyclic) bond motifs is 3. The Morgan fingerprint density at radius 3 is 2.96 bits per heavy atom. The van der Waals surface area contributed by atoms with Crippen molar-refractivity contribution in [3.8, 4) is 0 Å². The van der Waals surface area contributed by atoms with Crippen molar-refractivity contribution < 1.29 is 8.42 Å². The van der Waals surface area contributed by atoms with Crippen LogP contribution in [0.1, 0.15) is 18.4 Å². The highest BCUT2D eigenvalue weighted by Gasteiger charge is 2.20. The molecule has 0 radical (unpaired) electrons. The van der Waals surface area contributed by atoms with Crippen LogP contribution >= 0.6 is 0 Å². The predicted molar refractivity (Wildman–Crippen MR) is 90.2 cm³/mol. The fraction of sp³-hybridized carbons (Fsp3) is 0.250. The van der Waals surface area contributed by atoms with Gasteiger partial charge in [-0.1, -0.05) is 0 Å². The lowest BCUT2D eigenvalue weighted by molar-refractivity contribution is 0.486. The Bertz CT molecular complexity index is 1040. The standard InChI is InChI=1S/C16H16N4O2S/c1-23(21,22)20-8-2-3-11(10-20)12-4-6-17-14-9-19-16-13(15(12)14)5-7-18-16/h4-7,9-10,17H,2-3,8H2,1H3. The molecule has 6 nitrogen and oxygen atoms in total. The van der Waals surface area contributed by atoms with Gasteiger partial charge in [0.1, 0.15) is 0 Å². The van der Waals surface area contributed by atoms with Crippen molar-refractivity contribution in [2.45, 2.75) is 12.8 Å². The summed E-state index contributed by atoms with van der Waals surface area (Å²) >= 11 is 0. The van der Waals surface area contributed by atoms with Gasteiger partial charge in [0.15, 0.2) is 5.65 Å². The third-order valence-electron chi connectivity index (χ3n) is 4.19. The smallest absolute Gasteiger partial charge is 0.231 e. The van der Waals surface area contributed by atoms with E-state index in [2.05, 4.69) is 15.0 Å². The second-order valence-corrected chi connectivity index (χ2v) is 7.69. The van der Waals surface area contributed by atoms with E-state index >= 15 is 0 Å². The summed E-state index contributed by atoms with van der Waals surface area (Å²) in [7, 11) is -3.23. The summed E-state index contributed by atoms with van der Waals surface area (Å²) in [6.07, 6.45) is 10.0. The lowest BCUT2D eigenvalue weighted by Crippen LogP contribution is -2.28. The van der Waals surface area contributed by atoms with Crippen LogP contribution in [0.4, 0.5) is 0 Å². The van der Waals surface area contributed by atoms with Crippen LogP contribution in [-0.4, -0.2) is 40.5 Å². The lowest BCUT2D eigenvalue weighted by Gasteiger charge is -2.25. The first-order valence-corrected chi connectivity index (χ1v) is 9.27. The van der Waals surface area contributed by atoms with Crippen molar-refractivity contribution in [1.82, 2.24) is 19.3 Å². The summed E-state index contributed by atoms with van der Waals surface area (Å²) in [6.45, 7) is 0.536. The minimum absolute atomic E-state index is 0.536. The van der Waals surface area contributed by atoms with Crippen LogP contribution in [0.2, 0.25) is 0 Å². The van der Waals surface area contributed by atoms with Gasteiger partial charge < -0.3 is 4.98 Å². The molecule has 0 aromatic carbocycles. The summed E-state index contributed by atoms with van der Waals surface area (Å²) in [4.78, 5) is 11.8. The van der Waals surface area contributed by atoms with Crippen LogP contribution in [0.5, 0.6) is 0 Å². The summed E-state index contributed by atoms with van der Waals surface area (Å²) < 4.78 is 25.1. The highest BCUT2D eigenvalue weighted by atomic mass is 32.2. The van der Waals surface area contributed by atoms with E-state index in [4.69, 9.17) is 0 Å². The maximum Gasteiger partial charge on any atom is 0.231 e. The Hall–Kier alpha value is -2.41. The van der Waals surface area contributed by atoms with Crippen molar-refractivity contribution in [3.63, 3.8) is 0 Å². The van der Waals surface area contributed by atoms with Gasteiger partial charge in [-0.2, -0.15) is 0 Å². The zero-order chi connectivity index (χ0) is 16.0. The maximum absolute atomic E-state index is 11.9. The van der Waals surface area contributed by atoms with E-state index in [1.165, 1.54) is 10.6 Å². The van der Waals surface area contributed by atoms with Gasteiger partial charge in [0, 0.05) is 35.9 Å². The first kappa shape index (κ1) is 14.2. The molecule has 0 bridgehead atoms. The zero-order valence-corrected chi connectivity index (χ0v) is 13.5. The molecule has 3 aromatic heterocycles. The topological polar surface area (TPSA) is 79.0 Å². The van der Waals surface area contributed by atoms with Crippen LogP contribution < -0.4 is 0 Å².